The molecule has 0 aromatic heterocycles. The standard InChI is InChI=1S/C20H29FN2O2/c1-3-4-5-6-15(2)22-20(25)23-13-11-17(12-14-23)19(24)16-7-9-18(21)10-8-16/h3,7-10,15,17,19,24H,1,4-6,11-14H2,2H3,(H,22,25). The molecule has 0 radical (unpaired) electrons. The number of urea groups is 1. The Bertz CT molecular complexity index is 553. The van der Waals surface area contributed by atoms with Crippen molar-refractivity contribution in [1.29, 1.82) is 0 Å². The van der Waals surface area contributed by atoms with E-state index in [4.69, 9.17) is 0 Å². The summed E-state index contributed by atoms with van der Waals surface area (Å²) in [4.78, 5) is 14.1. The Kier molecular flexibility index (Phi) is 7.44. The van der Waals surface area contributed by atoms with Gasteiger partial charge in [0.05, 0.1) is 6.10 Å². The zero-order valence-corrected chi connectivity index (χ0v) is 15.0. The molecule has 1 aromatic carbocycles. The number of hydrogen-bond donors (Lipinski definition) is 2. The van der Waals surface area contributed by atoms with Gasteiger partial charge in [-0.2, -0.15) is 0 Å². The fourth-order valence-electron chi connectivity index (χ4n) is 3.29. The average molecular weight is 348 g/mol. The lowest BCUT2D eigenvalue weighted by Crippen LogP contribution is -2.47. The van der Waals surface area contributed by atoms with Crippen molar-refractivity contribution in [2.75, 3.05) is 13.1 Å². The average Bonchev–Trinajstić information content (AvgIpc) is 2.62. The second-order valence-corrected chi connectivity index (χ2v) is 6.89. The molecule has 0 spiro atoms. The van der Waals surface area contributed by atoms with Crippen LogP contribution in [0.4, 0.5) is 9.18 Å². The van der Waals surface area contributed by atoms with Crippen LogP contribution in [0.25, 0.3) is 0 Å². The minimum Gasteiger partial charge on any atom is -0.388 e. The van der Waals surface area contributed by atoms with Crippen molar-refractivity contribution in [3.8, 4) is 0 Å². The molecule has 2 amide bonds. The lowest BCUT2D eigenvalue weighted by Gasteiger charge is -2.35. The summed E-state index contributed by atoms with van der Waals surface area (Å²) < 4.78 is 13.0. The van der Waals surface area contributed by atoms with Gasteiger partial charge in [-0.3, -0.25) is 0 Å². The summed E-state index contributed by atoms with van der Waals surface area (Å²) in [6.07, 6.45) is 5.71. The predicted octanol–water partition coefficient (Wildman–Crippen LogP) is 4.03. The molecule has 2 atom stereocenters. The van der Waals surface area contributed by atoms with E-state index in [1.807, 2.05) is 17.9 Å². The summed E-state index contributed by atoms with van der Waals surface area (Å²) in [5.41, 5.74) is 0.736. The van der Waals surface area contributed by atoms with Crippen LogP contribution in [0.1, 0.15) is 50.7 Å². The van der Waals surface area contributed by atoms with Gasteiger partial charge >= 0.3 is 6.03 Å². The molecule has 1 aromatic rings. The molecule has 0 aliphatic carbocycles. The number of aliphatic hydroxyl groups excluding tert-OH is 1. The van der Waals surface area contributed by atoms with E-state index in [2.05, 4.69) is 11.9 Å². The van der Waals surface area contributed by atoms with Crippen molar-refractivity contribution in [2.24, 2.45) is 5.92 Å². The first-order chi connectivity index (χ1) is 12.0. The summed E-state index contributed by atoms with van der Waals surface area (Å²) >= 11 is 0. The topological polar surface area (TPSA) is 52.6 Å². The highest BCUT2D eigenvalue weighted by molar-refractivity contribution is 5.74. The molecule has 2 rings (SSSR count). The maximum absolute atomic E-state index is 13.0. The van der Waals surface area contributed by atoms with E-state index in [0.29, 0.717) is 13.1 Å². The third-order valence-electron chi connectivity index (χ3n) is 4.90. The van der Waals surface area contributed by atoms with E-state index in [1.54, 1.807) is 12.1 Å². The van der Waals surface area contributed by atoms with Crippen LogP contribution in [0.15, 0.2) is 36.9 Å². The Hall–Kier alpha value is -1.88. The molecule has 0 bridgehead atoms. The fraction of sp³-hybridized carbons (Fsp3) is 0.550. The first-order valence-electron chi connectivity index (χ1n) is 9.11. The van der Waals surface area contributed by atoms with Crippen LogP contribution in [-0.4, -0.2) is 35.2 Å². The molecule has 1 aliphatic rings. The number of benzene rings is 1. The van der Waals surface area contributed by atoms with Gasteiger partial charge in [0.1, 0.15) is 5.82 Å². The summed E-state index contributed by atoms with van der Waals surface area (Å²) in [5.74, 6) is -0.204. The molecule has 1 aliphatic heterocycles. The molecule has 2 unspecified atom stereocenters. The smallest absolute Gasteiger partial charge is 0.317 e. The summed E-state index contributed by atoms with van der Waals surface area (Å²) in [6, 6.07) is 6.12. The summed E-state index contributed by atoms with van der Waals surface area (Å²) in [6.45, 7) is 6.99. The molecule has 138 valence electrons. The molecule has 1 saturated heterocycles. The van der Waals surface area contributed by atoms with E-state index in [-0.39, 0.29) is 23.8 Å². The van der Waals surface area contributed by atoms with Crippen LogP contribution in [0.5, 0.6) is 0 Å². The van der Waals surface area contributed by atoms with Gasteiger partial charge in [0.25, 0.3) is 0 Å². The highest BCUT2D eigenvalue weighted by atomic mass is 19.1. The monoisotopic (exact) mass is 348 g/mol. The van der Waals surface area contributed by atoms with Crippen LogP contribution in [0.2, 0.25) is 0 Å². The second kappa shape index (κ2) is 9.56. The SMILES string of the molecule is C=CCCCC(C)NC(=O)N1CCC(C(O)c2ccc(F)cc2)CC1. The van der Waals surface area contributed by atoms with E-state index in [9.17, 15) is 14.3 Å². The van der Waals surface area contributed by atoms with Gasteiger partial charge in [0.2, 0.25) is 0 Å². The Morgan fingerprint density at radius 3 is 2.64 bits per heavy atom. The third kappa shape index (κ3) is 5.85. The number of amides is 2. The molecule has 4 nitrogen and oxygen atoms in total. The van der Waals surface area contributed by atoms with Gasteiger partial charge in [0, 0.05) is 19.1 Å². The molecular weight excluding hydrogens is 319 g/mol. The largest absolute Gasteiger partial charge is 0.388 e. The summed E-state index contributed by atoms with van der Waals surface area (Å²) in [5, 5.41) is 13.5. The number of unbranched alkanes of at least 4 members (excludes halogenated alkanes) is 1. The molecule has 5 heteroatoms. The van der Waals surface area contributed by atoms with Gasteiger partial charge in [-0.15, -0.1) is 6.58 Å². The zero-order valence-electron chi connectivity index (χ0n) is 15.0. The number of nitrogens with one attached hydrogen (secondary N) is 1. The predicted molar refractivity (Wildman–Crippen MR) is 97.7 cm³/mol. The van der Waals surface area contributed by atoms with Gasteiger partial charge in [0.15, 0.2) is 0 Å². The fourth-order valence-corrected chi connectivity index (χ4v) is 3.29. The number of allylic oxidation sites excluding steroid dienone is 1. The number of nitrogens with zero attached hydrogens (tertiary/aromatic N) is 1. The van der Waals surface area contributed by atoms with Gasteiger partial charge < -0.3 is 15.3 Å². The Balaban J connectivity index is 1.77. The quantitative estimate of drug-likeness (QED) is 0.577. The zero-order chi connectivity index (χ0) is 18.2. The first-order valence-corrected chi connectivity index (χ1v) is 9.11. The van der Waals surface area contributed by atoms with Crippen molar-refractivity contribution in [3.05, 3.63) is 48.3 Å². The number of carbonyl (C=O) groups excluding carboxylic acids is 1. The van der Waals surface area contributed by atoms with E-state index in [1.165, 1.54) is 12.1 Å². The number of hydrogen-bond acceptors (Lipinski definition) is 2. The Morgan fingerprint density at radius 1 is 1.40 bits per heavy atom. The van der Waals surface area contributed by atoms with Gasteiger partial charge in [-0.05, 0) is 62.6 Å². The number of aliphatic hydroxyl groups is 1. The maximum Gasteiger partial charge on any atom is 0.317 e. The highest BCUT2D eigenvalue weighted by Gasteiger charge is 2.28. The van der Waals surface area contributed by atoms with Gasteiger partial charge in [-0.25, -0.2) is 9.18 Å². The first kappa shape index (κ1) is 19.4. The molecular formula is C20H29FN2O2. The molecule has 1 heterocycles. The van der Waals surface area contributed by atoms with Gasteiger partial charge in [-0.1, -0.05) is 18.2 Å². The molecule has 2 N–H and O–H groups in total. The number of carbonyl (C=O) groups is 1. The van der Waals surface area contributed by atoms with Crippen LogP contribution >= 0.6 is 0 Å². The van der Waals surface area contributed by atoms with Crippen molar-refractivity contribution in [3.63, 3.8) is 0 Å². The number of rotatable bonds is 7. The molecule has 25 heavy (non-hydrogen) atoms. The Morgan fingerprint density at radius 2 is 2.04 bits per heavy atom. The van der Waals surface area contributed by atoms with Crippen molar-refractivity contribution in [2.45, 2.75) is 51.2 Å². The molecule has 1 fully saturated rings. The normalized spacial score (nSPS) is 17.8. The molecule has 0 saturated carbocycles. The lowest BCUT2D eigenvalue weighted by atomic mass is 9.87. The minimum atomic E-state index is -0.608. The van der Waals surface area contributed by atoms with Crippen LogP contribution in [0, 0.1) is 11.7 Å². The van der Waals surface area contributed by atoms with E-state index < -0.39 is 6.10 Å². The van der Waals surface area contributed by atoms with Crippen molar-refractivity contribution >= 4 is 6.03 Å². The number of halogens is 1. The minimum absolute atomic E-state index is 0.0270. The number of likely N-dealkylation sites (tertiary alicyclic amines) is 1. The highest BCUT2D eigenvalue weighted by Crippen LogP contribution is 2.30. The van der Waals surface area contributed by atoms with Crippen LogP contribution in [-0.2, 0) is 0 Å². The second-order valence-electron chi connectivity index (χ2n) is 6.89. The van der Waals surface area contributed by atoms with Crippen molar-refractivity contribution < 1.29 is 14.3 Å². The van der Waals surface area contributed by atoms with Crippen LogP contribution in [0.3, 0.4) is 0 Å². The van der Waals surface area contributed by atoms with Crippen LogP contribution < -0.4 is 5.32 Å². The lowest BCUT2D eigenvalue weighted by molar-refractivity contribution is 0.0661. The third-order valence-corrected chi connectivity index (χ3v) is 4.90. The van der Waals surface area contributed by atoms with E-state index in [0.717, 1.165) is 37.7 Å². The van der Waals surface area contributed by atoms with Crippen molar-refractivity contribution in [1.82, 2.24) is 10.2 Å². The maximum atomic E-state index is 13.0. The number of piperidine rings is 1. The summed E-state index contributed by atoms with van der Waals surface area (Å²) in [7, 11) is 0. The van der Waals surface area contributed by atoms with E-state index >= 15 is 0 Å². The Labute approximate surface area is 149 Å².